The zero-order valence-corrected chi connectivity index (χ0v) is 6.42. The summed E-state index contributed by atoms with van der Waals surface area (Å²) in [7, 11) is 0. The van der Waals surface area contributed by atoms with E-state index in [4.69, 9.17) is 0 Å². The molecule has 2 aliphatic rings. The molecule has 1 unspecified atom stereocenters. The van der Waals surface area contributed by atoms with Crippen LogP contribution in [0.25, 0.3) is 0 Å². The average Bonchev–Trinajstić information content (AvgIpc) is 2.04. The molecule has 1 saturated heterocycles. The van der Waals surface area contributed by atoms with Crippen LogP contribution in [0.2, 0.25) is 0 Å². The van der Waals surface area contributed by atoms with E-state index in [1.165, 1.54) is 0 Å². The van der Waals surface area contributed by atoms with Gasteiger partial charge in [-0.1, -0.05) is 0 Å². The Bertz CT molecular complexity index is 200. The first kappa shape index (κ1) is 6.85. The molecule has 2 heterocycles. The second-order valence-corrected chi connectivity index (χ2v) is 3.08. The summed E-state index contributed by atoms with van der Waals surface area (Å²) in [5.74, 6) is 0.259. The van der Waals surface area contributed by atoms with Gasteiger partial charge in [-0.15, -0.1) is 0 Å². The Labute approximate surface area is 66.1 Å². The van der Waals surface area contributed by atoms with Gasteiger partial charge in [0.25, 0.3) is 0 Å². The van der Waals surface area contributed by atoms with Gasteiger partial charge in [-0.2, -0.15) is 0 Å². The summed E-state index contributed by atoms with van der Waals surface area (Å²) in [4.78, 5) is 13.2. The smallest absolute Gasteiger partial charge is 0.159 e. The van der Waals surface area contributed by atoms with Crippen LogP contribution in [0, 0.1) is 0 Å². The highest BCUT2D eigenvalue weighted by Gasteiger charge is 2.24. The minimum Gasteiger partial charge on any atom is -0.371 e. The van der Waals surface area contributed by atoms with Crippen molar-refractivity contribution in [1.82, 2.24) is 10.2 Å². The maximum absolute atomic E-state index is 11.0. The maximum Gasteiger partial charge on any atom is 0.159 e. The lowest BCUT2D eigenvalue weighted by Crippen LogP contribution is -2.50. The normalized spacial score (nSPS) is 30.4. The number of carbonyl (C=O) groups is 1. The molecule has 0 aromatic rings. The van der Waals surface area contributed by atoms with Crippen molar-refractivity contribution in [3.8, 4) is 0 Å². The molecule has 0 aliphatic carbocycles. The number of rotatable bonds is 0. The molecule has 0 spiro atoms. The standard InChI is InChI=1S/C8H12N2O/c11-8-1-3-10-4-2-9-6-7(10)5-8/h1,3,7,9H,2,4-6H2. The molecule has 0 aromatic heterocycles. The SMILES string of the molecule is O=C1C=CN2CCNCC2C1. The largest absolute Gasteiger partial charge is 0.371 e. The molecular formula is C8H12N2O. The summed E-state index contributed by atoms with van der Waals surface area (Å²) < 4.78 is 0. The van der Waals surface area contributed by atoms with Crippen molar-refractivity contribution in [2.75, 3.05) is 19.6 Å². The zero-order valence-electron chi connectivity index (χ0n) is 6.42. The molecule has 1 fully saturated rings. The van der Waals surface area contributed by atoms with Crippen molar-refractivity contribution in [3.05, 3.63) is 12.3 Å². The summed E-state index contributed by atoms with van der Waals surface area (Å²) in [5, 5.41) is 3.28. The van der Waals surface area contributed by atoms with Crippen molar-refractivity contribution >= 4 is 5.78 Å². The molecule has 11 heavy (non-hydrogen) atoms. The highest BCUT2D eigenvalue weighted by atomic mass is 16.1. The van der Waals surface area contributed by atoms with Gasteiger partial charge in [0.1, 0.15) is 0 Å². The van der Waals surface area contributed by atoms with Crippen molar-refractivity contribution in [3.63, 3.8) is 0 Å². The van der Waals surface area contributed by atoms with Crippen LogP contribution in [0.4, 0.5) is 0 Å². The van der Waals surface area contributed by atoms with E-state index < -0.39 is 0 Å². The lowest BCUT2D eigenvalue weighted by atomic mass is 10.0. The van der Waals surface area contributed by atoms with E-state index in [1.807, 2.05) is 6.20 Å². The van der Waals surface area contributed by atoms with Crippen LogP contribution in [0.1, 0.15) is 6.42 Å². The first-order valence-electron chi connectivity index (χ1n) is 4.04. The maximum atomic E-state index is 11.0. The van der Waals surface area contributed by atoms with Gasteiger partial charge in [0.2, 0.25) is 0 Å². The molecule has 1 atom stereocenters. The van der Waals surface area contributed by atoms with Crippen LogP contribution in [0.5, 0.6) is 0 Å². The molecule has 0 amide bonds. The van der Waals surface area contributed by atoms with Gasteiger partial charge < -0.3 is 10.2 Å². The monoisotopic (exact) mass is 152 g/mol. The Hall–Kier alpha value is -0.830. The second-order valence-electron chi connectivity index (χ2n) is 3.08. The number of hydrogen-bond acceptors (Lipinski definition) is 3. The molecule has 0 radical (unpaired) electrons. The van der Waals surface area contributed by atoms with E-state index in [0.29, 0.717) is 12.5 Å². The van der Waals surface area contributed by atoms with Gasteiger partial charge in [0.15, 0.2) is 5.78 Å². The summed E-state index contributed by atoms with van der Waals surface area (Å²) in [5.41, 5.74) is 0. The van der Waals surface area contributed by atoms with E-state index in [1.54, 1.807) is 6.08 Å². The van der Waals surface area contributed by atoms with Gasteiger partial charge in [-0.25, -0.2) is 0 Å². The zero-order chi connectivity index (χ0) is 7.68. The van der Waals surface area contributed by atoms with Crippen molar-refractivity contribution in [2.45, 2.75) is 12.5 Å². The number of ketones is 1. The molecular weight excluding hydrogens is 140 g/mol. The third-order valence-corrected chi connectivity index (χ3v) is 2.28. The number of hydrogen-bond donors (Lipinski definition) is 1. The van der Waals surface area contributed by atoms with Crippen LogP contribution in [-0.2, 0) is 4.79 Å². The van der Waals surface area contributed by atoms with Gasteiger partial charge in [0.05, 0.1) is 0 Å². The van der Waals surface area contributed by atoms with E-state index in [-0.39, 0.29) is 5.78 Å². The lowest BCUT2D eigenvalue weighted by molar-refractivity contribution is -0.116. The van der Waals surface area contributed by atoms with Crippen LogP contribution in [0.3, 0.4) is 0 Å². The summed E-state index contributed by atoms with van der Waals surface area (Å²) in [6.45, 7) is 3.03. The third kappa shape index (κ3) is 1.28. The Morgan fingerprint density at radius 1 is 1.64 bits per heavy atom. The van der Waals surface area contributed by atoms with Crippen molar-refractivity contribution in [2.24, 2.45) is 0 Å². The summed E-state index contributed by atoms with van der Waals surface area (Å²) in [6.07, 6.45) is 4.29. The van der Waals surface area contributed by atoms with E-state index in [9.17, 15) is 4.79 Å². The first-order chi connectivity index (χ1) is 5.36. The fraction of sp³-hybridized carbons (Fsp3) is 0.625. The minimum atomic E-state index is 0.259. The molecule has 0 bridgehead atoms. The van der Waals surface area contributed by atoms with E-state index in [0.717, 1.165) is 19.6 Å². The Balaban J connectivity index is 2.10. The Morgan fingerprint density at radius 2 is 2.55 bits per heavy atom. The number of allylic oxidation sites excluding steroid dienone is 1. The molecule has 3 nitrogen and oxygen atoms in total. The lowest BCUT2D eigenvalue weighted by Gasteiger charge is -2.36. The van der Waals surface area contributed by atoms with Gasteiger partial charge >= 0.3 is 0 Å². The average molecular weight is 152 g/mol. The first-order valence-corrected chi connectivity index (χ1v) is 4.04. The number of fused-ring (bicyclic) bond motifs is 1. The Morgan fingerprint density at radius 3 is 3.45 bits per heavy atom. The number of nitrogens with zero attached hydrogens (tertiary/aromatic N) is 1. The third-order valence-electron chi connectivity index (χ3n) is 2.28. The molecule has 2 rings (SSSR count). The number of nitrogens with one attached hydrogen (secondary N) is 1. The predicted octanol–water partition coefficient (Wildman–Crippen LogP) is -0.253. The molecule has 60 valence electrons. The fourth-order valence-corrected chi connectivity index (χ4v) is 1.64. The molecule has 0 aromatic carbocycles. The second kappa shape index (κ2) is 2.66. The number of piperazine rings is 1. The van der Waals surface area contributed by atoms with Crippen molar-refractivity contribution < 1.29 is 4.79 Å². The predicted molar refractivity (Wildman–Crippen MR) is 42.1 cm³/mol. The number of carbonyl (C=O) groups excluding carboxylic acids is 1. The van der Waals surface area contributed by atoms with Gasteiger partial charge in [-0.3, -0.25) is 4.79 Å². The van der Waals surface area contributed by atoms with E-state index in [2.05, 4.69) is 10.2 Å². The fourth-order valence-electron chi connectivity index (χ4n) is 1.64. The van der Waals surface area contributed by atoms with E-state index >= 15 is 0 Å². The topological polar surface area (TPSA) is 32.3 Å². The molecule has 2 aliphatic heterocycles. The summed E-state index contributed by atoms with van der Waals surface area (Å²) in [6, 6.07) is 0.418. The van der Waals surface area contributed by atoms with Crippen molar-refractivity contribution in [1.29, 1.82) is 0 Å². The minimum absolute atomic E-state index is 0.259. The highest BCUT2D eigenvalue weighted by Crippen LogP contribution is 2.13. The van der Waals surface area contributed by atoms with Crippen LogP contribution in [0.15, 0.2) is 12.3 Å². The van der Waals surface area contributed by atoms with Crippen LogP contribution < -0.4 is 5.32 Å². The van der Waals surface area contributed by atoms with Crippen LogP contribution in [-0.4, -0.2) is 36.4 Å². The molecule has 3 heteroatoms. The summed E-state index contributed by atoms with van der Waals surface area (Å²) >= 11 is 0. The van der Waals surface area contributed by atoms with Gasteiger partial charge in [-0.05, 0) is 6.08 Å². The molecule has 1 N–H and O–H groups in total. The van der Waals surface area contributed by atoms with Gasteiger partial charge in [0, 0.05) is 38.3 Å². The quantitative estimate of drug-likeness (QED) is 0.519. The highest BCUT2D eigenvalue weighted by molar-refractivity contribution is 5.90. The molecule has 0 saturated carbocycles. The Kier molecular flexibility index (Phi) is 1.66. The van der Waals surface area contributed by atoms with Crippen LogP contribution >= 0.6 is 0 Å².